The molecule has 24 heavy (non-hydrogen) atoms. The van der Waals surface area contributed by atoms with Gasteiger partial charge in [0, 0.05) is 33.9 Å². The summed E-state index contributed by atoms with van der Waals surface area (Å²) in [6.07, 6.45) is -1.63. The first-order chi connectivity index (χ1) is 11.1. The first-order valence-electron chi connectivity index (χ1n) is 7.18. The summed E-state index contributed by atoms with van der Waals surface area (Å²) in [5.74, 6) is -2.52. The average Bonchev–Trinajstić information content (AvgIpc) is 2.46. The van der Waals surface area contributed by atoms with Gasteiger partial charge in [0.25, 0.3) is 0 Å². The Morgan fingerprint density at radius 1 is 1.00 bits per heavy atom. The van der Waals surface area contributed by atoms with Crippen molar-refractivity contribution < 1.29 is 42.6 Å². The van der Waals surface area contributed by atoms with Crippen LogP contribution in [0.5, 0.6) is 0 Å². The lowest BCUT2D eigenvalue weighted by atomic mass is 9.98. The van der Waals surface area contributed by atoms with E-state index in [1.54, 1.807) is 0 Å². The highest BCUT2D eigenvalue weighted by Gasteiger charge is 2.37. The van der Waals surface area contributed by atoms with Gasteiger partial charge >= 0.3 is 26.8 Å². The molecule has 1 amide bonds. The smallest absolute Gasteiger partial charge is 0.481 e. The van der Waals surface area contributed by atoms with Crippen molar-refractivity contribution in [3.05, 3.63) is 0 Å². The summed E-state index contributed by atoms with van der Waals surface area (Å²) in [5, 5.41) is 20.1. The van der Waals surface area contributed by atoms with E-state index in [1.807, 2.05) is 0 Å². The first-order valence-corrected chi connectivity index (χ1v) is 9.11. The van der Waals surface area contributed by atoms with Crippen molar-refractivity contribution in [1.29, 1.82) is 0 Å². The number of carboxylic acids is 2. The lowest BCUT2D eigenvalue weighted by molar-refractivity contribution is -0.147. The molecule has 0 aromatic rings. The minimum Gasteiger partial charge on any atom is -0.481 e. The number of hydrogen-bond acceptors (Lipinski definition) is 7. The van der Waals surface area contributed by atoms with E-state index in [1.165, 1.54) is 28.3 Å². The maximum absolute atomic E-state index is 11.8. The number of rotatable bonds is 12. The SMILES string of the molecule is CO[Si](CCCNC(=O)OC(C)(CC(=O)O)CC(=O)O)(OC)OC. The fourth-order valence-corrected chi connectivity index (χ4v) is 3.81. The zero-order valence-corrected chi connectivity index (χ0v) is 15.3. The number of amides is 1. The van der Waals surface area contributed by atoms with Crippen LogP contribution in [0.15, 0.2) is 0 Å². The molecule has 10 nitrogen and oxygen atoms in total. The Balaban J connectivity index is 4.45. The van der Waals surface area contributed by atoms with Crippen molar-refractivity contribution in [1.82, 2.24) is 5.32 Å². The van der Waals surface area contributed by atoms with Crippen LogP contribution in [-0.4, -0.2) is 70.5 Å². The van der Waals surface area contributed by atoms with E-state index in [4.69, 9.17) is 28.2 Å². The van der Waals surface area contributed by atoms with Crippen LogP contribution in [0.2, 0.25) is 6.04 Å². The van der Waals surface area contributed by atoms with E-state index < -0.39 is 45.3 Å². The monoisotopic (exact) mass is 367 g/mol. The van der Waals surface area contributed by atoms with Crippen molar-refractivity contribution in [2.24, 2.45) is 0 Å². The number of ether oxygens (including phenoxy) is 1. The van der Waals surface area contributed by atoms with Crippen LogP contribution in [0.1, 0.15) is 26.2 Å². The van der Waals surface area contributed by atoms with Crippen molar-refractivity contribution >= 4 is 26.8 Å². The Labute approximate surface area is 141 Å². The summed E-state index contributed by atoms with van der Waals surface area (Å²) in [5.41, 5.74) is -1.63. The second-order valence-corrected chi connectivity index (χ2v) is 8.40. The minimum absolute atomic E-state index is 0.208. The number of nitrogens with one attached hydrogen (secondary N) is 1. The van der Waals surface area contributed by atoms with E-state index in [2.05, 4.69) is 5.32 Å². The molecule has 3 N–H and O–H groups in total. The van der Waals surface area contributed by atoms with Gasteiger partial charge < -0.3 is 33.5 Å². The molecule has 0 saturated heterocycles. The van der Waals surface area contributed by atoms with Gasteiger partial charge in [0.2, 0.25) is 0 Å². The molecule has 11 heteroatoms. The molecule has 0 radical (unpaired) electrons. The highest BCUT2D eigenvalue weighted by atomic mass is 28.4. The molecular formula is C13H25NO9Si. The highest BCUT2D eigenvalue weighted by molar-refractivity contribution is 6.60. The number of carbonyl (C=O) groups excluding carboxylic acids is 1. The van der Waals surface area contributed by atoms with Crippen LogP contribution in [0.3, 0.4) is 0 Å². The summed E-state index contributed by atoms with van der Waals surface area (Å²) >= 11 is 0. The summed E-state index contributed by atoms with van der Waals surface area (Å²) in [7, 11) is 1.70. The van der Waals surface area contributed by atoms with Gasteiger partial charge in [-0.2, -0.15) is 0 Å². The summed E-state index contributed by atoms with van der Waals surface area (Å²) in [4.78, 5) is 33.4. The van der Waals surface area contributed by atoms with Gasteiger partial charge in [0.05, 0.1) is 12.8 Å². The number of hydrogen-bond donors (Lipinski definition) is 3. The van der Waals surface area contributed by atoms with Crippen LogP contribution < -0.4 is 5.32 Å². The predicted molar refractivity (Wildman–Crippen MR) is 83.6 cm³/mol. The van der Waals surface area contributed by atoms with Crippen molar-refractivity contribution in [2.75, 3.05) is 27.9 Å². The van der Waals surface area contributed by atoms with E-state index >= 15 is 0 Å². The molecule has 0 bridgehead atoms. The van der Waals surface area contributed by atoms with Crippen LogP contribution in [0.4, 0.5) is 4.79 Å². The summed E-state index contributed by atoms with van der Waals surface area (Å²) < 4.78 is 20.7. The number of carboxylic acid groups (broad SMARTS) is 2. The maximum Gasteiger partial charge on any atom is 0.500 e. The second kappa shape index (κ2) is 10.2. The molecule has 0 fully saturated rings. The summed E-state index contributed by atoms with van der Waals surface area (Å²) in [6, 6.07) is 0.457. The highest BCUT2D eigenvalue weighted by Crippen LogP contribution is 2.21. The first kappa shape index (κ1) is 22.3. The molecule has 140 valence electrons. The maximum atomic E-state index is 11.8. The van der Waals surface area contributed by atoms with Crippen LogP contribution in [-0.2, 0) is 27.6 Å². The lowest BCUT2D eigenvalue weighted by Crippen LogP contribution is -2.44. The van der Waals surface area contributed by atoms with Gasteiger partial charge in [0.1, 0.15) is 5.60 Å². The third-order valence-electron chi connectivity index (χ3n) is 3.25. The minimum atomic E-state index is -2.73. The molecule has 0 aliphatic carbocycles. The largest absolute Gasteiger partial charge is 0.500 e. The van der Waals surface area contributed by atoms with E-state index in [0.29, 0.717) is 12.5 Å². The molecule has 0 aliphatic heterocycles. The number of carbonyl (C=O) groups is 3. The molecule has 0 heterocycles. The molecule has 0 aromatic heterocycles. The average molecular weight is 367 g/mol. The molecule has 0 unspecified atom stereocenters. The van der Waals surface area contributed by atoms with Gasteiger partial charge in [0.15, 0.2) is 0 Å². The van der Waals surface area contributed by atoms with Crippen LogP contribution in [0, 0.1) is 0 Å². The Hall–Kier alpha value is -1.69. The number of aliphatic carboxylic acids is 2. The van der Waals surface area contributed by atoms with E-state index in [-0.39, 0.29) is 6.54 Å². The van der Waals surface area contributed by atoms with Crippen molar-refractivity contribution in [3.63, 3.8) is 0 Å². The zero-order chi connectivity index (χ0) is 18.8. The molecule has 0 spiro atoms. The van der Waals surface area contributed by atoms with Crippen molar-refractivity contribution in [3.8, 4) is 0 Å². The lowest BCUT2D eigenvalue weighted by Gasteiger charge is -2.27. The Kier molecular flexibility index (Phi) is 9.51. The van der Waals surface area contributed by atoms with Gasteiger partial charge in [-0.15, -0.1) is 0 Å². The van der Waals surface area contributed by atoms with E-state index in [0.717, 1.165) is 0 Å². The van der Waals surface area contributed by atoms with Gasteiger partial charge in [-0.25, -0.2) is 4.79 Å². The number of alkyl carbamates (subject to hydrolysis) is 1. The Morgan fingerprint density at radius 2 is 1.46 bits per heavy atom. The van der Waals surface area contributed by atoms with Crippen molar-refractivity contribution in [2.45, 2.75) is 37.8 Å². The van der Waals surface area contributed by atoms with Crippen LogP contribution in [0.25, 0.3) is 0 Å². The molecule has 0 saturated carbocycles. The Bertz CT molecular complexity index is 415. The quantitative estimate of drug-likeness (QED) is 0.335. The van der Waals surface area contributed by atoms with Gasteiger partial charge in [-0.05, 0) is 13.3 Å². The molecule has 0 aromatic carbocycles. The Morgan fingerprint density at radius 3 is 1.83 bits per heavy atom. The fraction of sp³-hybridized carbons (Fsp3) is 0.769. The van der Waals surface area contributed by atoms with Crippen LogP contribution >= 0.6 is 0 Å². The van der Waals surface area contributed by atoms with E-state index in [9.17, 15) is 14.4 Å². The molecule has 0 rings (SSSR count). The third-order valence-corrected chi connectivity index (χ3v) is 6.08. The predicted octanol–water partition coefficient (Wildman–Crippen LogP) is 0.689. The molecule has 0 atom stereocenters. The van der Waals surface area contributed by atoms with Gasteiger partial charge in [-0.1, -0.05) is 0 Å². The molecular weight excluding hydrogens is 342 g/mol. The fourth-order valence-electron chi connectivity index (χ4n) is 2.09. The topological polar surface area (TPSA) is 141 Å². The third kappa shape index (κ3) is 8.24. The van der Waals surface area contributed by atoms with Gasteiger partial charge in [-0.3, -0.25) is 9.59 Å². The summed E-state index contributed by atoms with van der Waals surface area (Å²) in [6.45, 7) is 1.47. The normalized spacial score (nSPS) is 11.8. The molecule has 0 aliphatic rings. The standard InChI is InChI=1S/C13H25NO9Si/c1-13(8-10(15)16,9-11(17)18)23-12(19)14-6-5-7-24(20-2,21-3)22-4/h5-9H2,1-4H3,(H,14,19)(H,15,16)(H,17,18). The zero-order valence-electron chi connectivity index (χ0n) is 14.3. The second-order valence-electron chi connectivity index (χ2n) is 5.31.